The van der Waals surface area contributed by atoms with Crippen LogP contribution in [0.25, 0.3) is 0 Å². The SMILES string of the molecule is CC1(C)CCCCC1c1nnc(CBr)n1C1CC1. The van der Waals surface area contributed by atoms with E-state index in [9.17, 15) is 0 Å². The Morgan fingerprint density at radius 3 is 2.61 bits per heavy atom. The Labute approximate surface area is 117 Å². The average molecular weight is 312 g/mol. The summed E-state index contributed by atoms with van der Waals surface area (Å²) in [5.41, 5.74) is 0.376. The van der Waals surface area contributed by atoms with Gasteiger partial charge in [0.1, 0.15) is 11.6 Å². The molecule has 2 fully saturated rings. The summed E-state index contributed by atoms with van der Waals surface area (Å²) in [6.45, 7) is 4.80. The van der Waals surface area contributed by atoms with Crippen LogP contribution in [0.2, 0.25) is 0 Å². The maximum atomic E-state index is 4.55. The van der Waals surface area contributed by atoms with Crippen molar-refractivity contribution in [1.82, 2.24) is 14.8 Å². The number of halogens is 1. The molecule has 1 atom stereocenters. The van der Waals surface area contributed by atoms with Gasteiger partial charge >= 0.3 is 0 Å². The summed E-state index contributed by atoms with van der Waals surface area (Å²) in [5, 5.41) is 9.78. The summed E-state index contributed by atoms with van der Waals surface area (Å²) >= 11 is 3.55. The Morgan fingerprint density at radius 1 is 1.22 bits per heavy atom. The second-order valence-corrected chi connectivity index (χ2v) is 7.06. The van der Waals surface area contributed by atoms with E-state index >= 15 is 0 Å². The highest BCUT2D eigenvalue weighted by Gasteiger charge is 2.39. The van der Waals surface area contributed by atoms with E-state index < -0.39 is 0 Å². The summed E-state index contributed by atoms with van der Waals surface area (Å²) in [6, 6.07) is 0.681. The van der Waals surface area contributed by atoms with E-state index in [1.54, 1.807) is 0 Å². The van der Waals surface area contributed by atoms with Gasteiger partial charge in [-0.3, -0.25) is 0 Å². The zero-order valence-electron chi connectivity index (χ0n) is 11.3. The molecule has 1 aromatic heterocycles. The Balaban J connectivity index is 1.97. The molecule has 0 bridgehead atoms. The normalized spacial score (nSPS) is 27.4. The number of hydrogen-bond acceptors (Lipinski definition) is 2. The first-order valence-electron chi connectivity index (χ1n) is 7.13. The molecule has 1 aromatic rings. The van der Waals surface area contributed by atoms with Crippen molar-refractivity contribution >= 4 is 15.9 Å². The summed E-state index contributed by atoms with van der Waals surface area (Å²) in [7, 11) is 0. The largest absolute Gasteiger partial charge is 0.311 e. The van der Waals surface area contributed by atoms with Crippen molar-refractivity contribution in [2.24, 2.45) is 5.41 Å². The Bertz CT molecular complexity index is 434. The fourth-order valence-corrected chi connectivity index (χ4v) is 3.75. The minimum atomic E-state index is 0.376. The summed E-state index contributed by atoms with van der Waals surface area (Å²) in [5.74, 6) is 2.97. The molecule has 2 aliphatic carbocycles. The van der Waals surface area contributed by atoms with Crippen molar-refractivity contribution in [1.29, 1.82) is 0 Å². The van der Waals surface area contributed by atoms with E-state index in [-0.39, 0.29) is 0 Å². The fraction of sp³-hybridized carbons (Fsp3) is 0.857. The van der Waals surface area contributed by atoms with Crippen molar-refractivity contribution in [2.45, 2.75) is 69.7 Å². The number of hydrogen-bond donors (Lipinski definition) is 0. The van der Waals surface area contributed by atoms with Gasteiger partial charge in [-0.2, -0.15) is 0 Å². The molecule has 3 rings (SSSR count). The molecule has 0 spiro atoms. The number of rotatable bonds is 3. The van der Waals surface area contributed by atoms with Crippen LogP contribution < -0.4 is 0 Å². The van der Waals surface area contributed by atoms with Crippen LogP contribution in [0, 0.1) is 5.41 Å². The van der Waals surface area contributed by atoms with Gasteiger partial charge in [0.05, 0.1) is 5.33 Å². The van der Waals surface area contributed by atoms with E-state index in [1.165, 1.54) is 44.3 Å². The van der Waals surface area contributed by atoms with Gasteiger partial charge in [0.25, 0.3) is 0 Å². The topological polar surface area (TPSA) is 30.7 Å². The van der Waals surface area contributed by atoms with Gasteiger partial charge in [0.15, 0.2) is 0 Å². The van der Waals surface area contributed by atoms with Gasteiger partial charge < -0.3 is 4.57 Å². The minimum Gasteiger partial charge on any atom is -0.311 e. The molecule has 0 radical (unpaired) electrons. The van der Waals surface area contributed by atoms with Crippen LogP contribution >= 0.6 is 15.9 Å². The van der Waals surface area contributed by atoms with E-state index in [0.29, 0.717) is 17.4 Å². The highest BCUT2D eigenvalue weighted by atomic mass is 79.9. The fourth-order valence-electron chi connectivity index (χ4n) is 3.37. The number of nitrogens with zero attached hydrogens (tertiary/aromatic N) is 3. The molecule has 3 nitrogen and oxygen atoms in total. The van der Waals surface area contributed by atoms with Crippen molar-refractivity contribution in [2.75, 3.05) is 0 Å². The van der Waals surface area contributed by atoms with Crippen LogP contribution in [0.4, 0.5) is 0 Å². The van der Waals surface area contributed by atoms with Crippen LogP contribution in [0.3, 0.4) is 0 Å². The van der Waals surface area contributed by atoms with Gasteiger partial charge in [-0.1, -0.05) is 42.6 Å². The third-order valence-corrected chi connectivity index (χ3v) is 5.14. The first-order valence-corrected chi connectivity index (χ1v) is 8.25. The summed E-state index contributed by atoms with van der Waals surface area (Å²) in [6.07, 6.45) is 7.91. The van der Waals surface area contributed by atoms with Crippen LogP contribution in [-0.4, -0.2) is 14.8 Å². The first-order chi connectivity index (χ1) is 8.63. The number of alkyl halides is 1. The lowest BCUT2D eigenvalue weighted by Gasteiger charge is -2.38. The molecule has 1 unspecified atom stereocenters. The molecule has 2 aliphatic rings. The molecular weight excluding hydrogens is 290 g/mol. The highest BCUT2D eigenvalue weighted by Crippen LogP contribution is 2.48. The third kappa shape index (κ3) is 2.13. The Morgan fingerprint density at radius 2 is 2.00 bits per heavy atom. The molecule has 0 aliphatic heterocycles. The molecule has 18 heavy (non-hydrogen) atoms. The summed E-state index contributed by atoms with van der Waals surface area (Å²) in [4.78, 5) is 0. The minimum absolute atomic E-state index is 0.376. The van der Waals surface area contributed by atoms with E-state index in [0.717, 1.165) is 11.2 Å². The van der Waals surface area contributed by atoms with Crippen LogP contribution in [-0.2, 0) is 5.33 Å². The monoisotopic (exact) mass is 311 g/mol. The van der Waals surface area contributed by atoms with Gasteiger partial charge in [-0.25, -0.2) is 0 Å². The molecule has 1 heterocycles. The Kier molecular flexibility index (Phi) is 3.25. The lowest BCUT2D eigenvalue weighted by molar-refractivity contribution is 0.188. The lowest BCUT2D eigenvalue weighted by atomic mass is 9.68. The molecule has 0 amide bonds. The van der Waals surface area contributed by atoms with Crippen LogP contribution in [0.5, 0.6) is 0 Å². The van der Waals surface area contributed by atoms with Crippen molar-refractivity contribution in [3.05, 3.63) is 11.6 Å². The van der Waals surface area contributed by atoms with Gasteiger partial charge in [-0.15, -0.1) is 10.2 Å². The van der Waals surface area contributed by atoms with Crippen molar-refractivity contribution in [3.63, 3.8) is 0 Å². The maximum Gasteiger partial charge on any atom is 0.143 e. The van der Waals surface area contributed by atoms with Gasteiger partial charge in [0.2, 0.25) is 0 Å². The smallest absolute Gasteiger partial charge is 0.143 e. The summed E-state index contributed by atoms with van der Waals surface area (Å²) < 4.78 is 2.44. The van der Waals surface area contributed by atoms with E-state index in [4.69, 9.17) is 0 Å². The van der Waals surface area contributed by atoms with E-state index in [1.807, 2.05) is 0 Å². The molecule has 2 saturated carbocycles. The third-order valence-electron chi connectivity index (χ3n) is 4.64. The highest BCUT2D eigenvalue weighted by molar-refractivity contribution is 9.08. The molecule has 0 saturated heterocycles. The average Bonchev–Trinajstić information content (AvgIpc) is 3.09. The predicted molar refractivity (Wildman–Crippen MR) is 75.9 cm³/mol. The quantitative estimate of drug-likeness (QED) is 0.784. The molecular formula is C14H22BrN3. The van der Waals surface area contributed by atoms with Crippen LogP contribution in [0.1, 0.15) is 76.0 Å². The van der Waals surface area contributed by atoms with Crippen LogP contribution in [0.15, 0.2) is 0 Å². The van der Waals surface area contributed by atoms with Gasteiger partial charge in [-0.05, 0) is 31.1 Å². The zero-order valence-corrected chi connectivity index (χ0v) is 12.9. The van der Waals surface area contributed by atoms with E-state index in [2.05, 4.69) is 44.5 Å². The number of aromatic nitrogens is 3. The van der Waals surface area contributed by atoms with Gasteiger partial charge in [0, 0.05) is 12.0 Å². The zero-order chi connectivity index (χ0) is 12.8. The second-order valence-electron chi connectivity index (χ2n) is 6.50. The molecule has 4 heteroatoms. The Hall–Kier alpha value is -0.380. The molecule has 0 N–H and O–H groups in total. The van der Waals surface area contributed by atoms with Crippen molar-refractivity contribution < 1.29 is 0 Å². The lowest BCUT2D eigenvalue weighted by Crippen LogP contribution is -2.28. The molecule has 100 valence electrons. The predicted octanol–water partition coefficient (Wildman–Crippen LogP) is 4.19. The maximum absolute atomic E-state index is 4.55. The standard InChI is InChI=1S/C14H22BrN3/c1-14(2)8-4-3-5-11(14)13-17-16-12(9-15)18(13)10-6-7-10/h10-11H,3-9H2,1-2H3. The second kappa shape index (κ2) is 4.62. The molecule has 0 aromatic carbocycles. The van der Waals surface area contributed by atoms with Crippen molar-refractivity contribution in [3.8, 4) is 0 Å². The first kappa shape index (κ1) is 12.6.